The van der Waals surface area contributed by atoms with Crippen molar-refractivity contribution in [2.75, 3.05) is 5.75 Å². The molecule has 0 spiro atoms. The third kappa shape index (κ3) is 5.04. The molecule has 0 aliphatic heterocycles. The molecule has 7 nitrogen and oxygen atoms in total. The number of carboxylic acids is 1. The van der Waals surface area contributed by atoms with Crippen LogP contribution in [0.4, 0.5) is 0 Å². The summed E-state index contributed by atoms with van der Waals surface area (Å²) in [6.45, 7) is 0. The van der Waals surface area contributed by atoms with E-state index in [1.54, 1.807) is 54.9 Å². The van der Waals surface area contributed by atoms with Crippen molar-refractivity contribution < 1.29 is 14.7 Å². The van der Waals surface area contributed by atoms with E-state index in [4.69, 9.17) is 11.6 Å². The number of fused-ring (bicyclic) bond motifs is 1. The predicted molar refractivity (Wildman–Crippen MR) is 120 cm³/mol. The Balaban J connectivity index is 1.47. The number of H-pyrrole nitrogens is 1. The SMILES string of the molecule is O=C(NC(CSc1ccc(Cl)cc1)C(=O)O)c1ccc2nc(-c3ccncc3)[nH]c2c1. The summed E-state index contributed by atoms with van der Waals surface area (Å²) in [6, 6.07) is 14.7. The minimum Gasteiger partial charge on any atom is -0.480 e. The number of hydrogen-bond acceptors (Lipinski definition) is 5. The molecule has 0 aliphatic rings. The fourth-order valence-corrected chi connectivity index (χ4v) is 3.96. The molecule has 1 unspecified atom stereocenters. The maximum absolute atomic E-state index is 12.7. The number of halogens is 1. The fraction of sp³-hybridized carbons (Fsp3) is 0.0909. The molecule has 0 fully saturated rings. The van der Waals surface area contributed by atoms with Gasteiger partial charge in [0.15, 0.2) is 0 Å². The van der Waals surface area contributed by atoms with Crippen LogP contribution >= 0.6 is 23.4 Å². The van der Waals surface area contributed by atoms with Gasteiger partial charge in [-0.25, -0.2) is 9.78 Å². The van der Waals surface area contributed by atoms with Crippen molar-refractivity contribution in [3.8, 4) is 11.4 Å². The van der Waals surface area contributed by atoms with Gasteiger partial charge in [-0.2, -0.15) is 0 Å². The summed E-state index contributed by atoms with van der Waals surface area (Å²) in [5.74, 6) is -0.720. The van der Waals surface area contributed by atoms with Gasteiger partial charge < -0.3 is 15.4 Å². The van der Waals surface area contributed by atoms with Crippen LogP contribution in [-0.2, 0) is 4.79 Å². The molecule has 2 heterocycles. The topological polar surface area (TPSA) is 108 Å². The van der Waals surface area contributed by atoms with Crippen molar-refractivity contribution in [3.63, 3.8) is 0 Å². The van der Waals surface area contributed by atoms with Crippen molar-refractivity contribution in [1.29, 1.82) is 0 Å². The Hall–Kier alpha value is -3.36. The van der Waals surface area contributed by atoms with E-state index in [1.165, 1.54) is 11.8 Å². The Morgan fingerprint density at radius 3 is 2.55 bits per heavy atom. The predicted octanol–water partition coefficient (Wildman–Crippen LogP) is 4.25. The summed E-state index contributed by atoms with van der Waals surface area (Å²) >= 11 is 7.20. The molecule has 3 N–H and O–H groups in total. The number of nitrogens with one attached hydrogen (secondary N) is 2. The smallest absolute Gasteiger partial charge is 0.327 e. The van der Waals surface area contributed by atoms with Crippen LogP contribution in [0.5, 0.6) is 0 Å². The van der Waals surface area contributed by atoms with Gasteiger partial charge in [-0.1, -0.05) is 11.6 Å². The zero-order chi connectivity index (χ0) is 21.8. The molecule has 0 bridgehead atoms. The lowest BCUT2D eigenvalue weighted by Gasteiger charge is -2.14. The van der Waals surface area contributed by atoms with E-state index in [2.05, 4.69) is 20.3 Å². The Morgan fingerprint density at radius 1 is 1.10 bits per heavy atom. The largest absolute Gasteiger partial charge is 0.480 e. The van der Waals surface area contributed by atoms with E-state index in [0.29, 0.717) is 27.4 Å². The Morgan fingerprint density at radius 2 is 1.84 bits per heavy atom. The second kappa shape index (κ2) is 9.20. The van der Waals surface area contributed by atoms with Crippen molar-refractivity contribution in [2.24, 2.45) is 0 Å². The summed E-state index contributed by atoms with van der Waals surface area (Å²) in [5.41, 5.74) is 2.61. The quantitative estimate of drug-likeness (QED) is 0.362. The molecule has 156 valence electrons. The standard InChI is InChI=1S/C22H17ClN4O3S/c23-15-2-4-16(5-3-15)31-12-19(22(29)30)27-21(28)14-1-6-17-18(11-14)26-20(25-17)13-7-9-24-10-8-13/h1-11,19H,12H2,(H,25,26)(H,27,28)(H,29,30). The fourth-order valence-electron chi connectivity index (χ4n) is 2.92. The molecule has 31 heavy (non-hydrogen) atoms. The van der Waals surface area contributed by atoms with Gasteiger partial charge in [-0.05, 0) is 54.6 Å². The highest BCUT2D eigenvalue weighted by atomic mass is 35.5. The summed E-state index contributed by atoms with van der Waals surface area (Å²) < 4.78 is 0. The molecule has 1 amide bonds. The monoisotopic (exact) mass is 452 g/mol. The van der Waals surface area contributed by atoms with Gasteiger partial charge in [0.05, 0.1) is 11.0 Å². The third-order valence-electron chi connectivity index (χ3n) is 4.53. The van der Waals surface area contributed by atoms with Gasteiger partial charge >= 0.3 is 5.97 Å². The van der Waals surface area contributed by atoms with Gasteiger partial charge in [-0.15, -0.1) is 11.8 Å². The number of imidazole rings is 1. The molecule has 2 aromatic carbocycles. The Bertz CT molecular complexity index is 1230. The number of pyridine rings is 1. The van der Waals surface area contributed by atoms with Gasteiger partial charge in [0.1, 0.15) is 11.9 Å². The van der Waals surface area contributed by atoms with Crippen LogP contribution in [-0.4, -0.2) is 43.7 Å². The zero-order valence-electron chi connectivity index (χ0n) is 16.1. The lowest BCUT2D eigenvalue weighted by molar-refractivity contribution is -0.138. The minimum atomic E-state index is -1.10. The number of carboxylic acid groups (broad SMARTS) is 1. The van der Waals surface area contributed by atoms with Crippen molar-refractivity contribution >= 4 is 46.3 Å². The number of nitrogens with zero attached hydrogens (tertiary/aromatic N) is 2. The second-order valence-electron chi connectivity index (χ2n) is 6.68. The number of carbonyl (C=O) groups is 2. The lowest BCUT2D eigenvalue weighted by atomic mass is 10.2. The summed E-state index contributed by atoms with van der Waals surface area (Å²) in [4.78, 5) is 36.9. The van der Waals surface area contributed by atoms with Crippen LogP contribution in [0.15, 0.2) is 71.9 Å². The van der Waals surface area contributed by atoms with Crippen molar-refractivity contribution in [1.82, 2.24) is 20.3 Å². The van der Waals surface area contributed by atoms with Crippen LogP contribution in [0.25, 0.3) is 22.4 Å². The summed E-state index contributed by atoms with van der Waals surface area (Å²) in [7, 11) is 0. The van der Waals surface area contributed by atoms with Gasteiger partial charge in [0.2, 0.25) is 0 Å². The van der Waals surface area contributed by atoms with Crippen LogP contribution in [0.1, 0.15) is 10.4 Å². The molecular weight excluding hydrogens is 436 g/mol. The van der Waals surface area contributed by atoms with E-state index in [-0.39, 0.29) is 5.75 Å². The van der Waals surface area contributed by atoms with Crippen LogP contribution in [0.2, 0.25) is 5.02 Å². The third-order valence-corrected chi connectivity index (χ3v) is 5.89. The Labute approximate surface area is 186 Å². The van der Waals surface area contributed by atoms with E-state index < -0.39 is 17.9 Å². The summed E-state index contributed by atoms with van der Waals surface area (Å²) in [5, 5.41) is 12.7. The van der Waals surface area contributed by atoms with Crippen molar-refractivity contribution in [3.05, 3.63) is 77.6 Å². The Kier molecular flexibility index (Phi) is 6.20. The first-order chi connectivity index (χ1) is 15.0. The molecule has 0 radical (unpaired) electrons. The highest BCUT2D eigenvalue weighted by Crippen LogP contribution is 2.22. The van der Waals surface area contributed by atoms with E-state index in [9.17, 15) is 14.7 Å². The number of amides is 1. The summed E-state index contributed by atoms with van der Waals surface area (Å²) in [6.07, 6.45) is 3.35. The van der Waals surface area contributed by atoms with Crippen LogP contribution < -0.4 is 5.32 Å². The van der Waals surface area contributed by atoms with Crippen molar-refractivity contribution in [2.45, 2.75) is 10.9 Å². The van der Waals surface area contributed by atoms with Gasteiger partial charge in [0.25, 0.3) is 5.91 Å². The molecule has 0 aliphatic carbocycles. The average Bonchev–Trinajstić information content (AvgIpc) is 3.21. The molecular formula is C22H17ClN4O3S. The normalized spacial score (nSPS) is 11.9. The number of hydrogen-bond donors (Lipinski definition) is 3. The minimum absolute atomic E-state index is 0.182. The van der Waals surface area contributed by atoms with Crippen LogP contribution in [0, 0.1) is 0 Å². The first-order valence-electron chi connectivity index (χ1n) is 9.32. The lowest BCUT2D eigenvalue weighted by Crippen LogP contribution is -2.42. The van der Waals surface area contributed by atoms with E-state index in [0.717, 1.165) is 10.5 Å². The van der Waals surface area contributed by atoms with Gasteiger partial charge in [0, 0.05) is 39.2 Å². The molecule has 2 aromatic heterocycles. The number of benzene rings is 2. The molecule has 0 saturated carbocycles. The number of rotatable bonds is 7. The molecule has 4 rings (SSSR count). The maximum atomic E-state index is 12.7. The maximum Gasteiger partial charge on any atom is 0.327 e. The first-order valence-corrected chi connectivity index (χ1v) is 10.7. The highest BCUT2D eigenvalue weighted by Gasteiger charge is 2.21. The average molecular weight is 453 g/mol. The number of carbonyl (C=O) groups excluding carboxylic acids is 1. The number of thioether (sulfide) groups is 1. The molecule has 9 heteroatoms. The molecule has 1 atom stereocenters. The second-order valence-corrected chi connectivity index (χ2v) is 8.21. The zero-order valence-corrected chi connectivity index (χ0v) is 17.7. The molecule has 0 saturated heterocycles. The number of aromatic nitrogens is 3. The number of aromatic amines is 1. The highest BCUT2D eigenvalue weighted by molar-refractivity contribution is 7.99. The number of aliphatic carboxylic acids is 1. The van der Waals surface area contributed by atoms with E-state index in [1.807, 2.05) is 12.1 Å². The van der Waals surface area contributed by atoms with E-state index >= 15 is 0 Å². The van der Waals surface area contributed by atoms with Crippen LogP contribution in [0.3, 0.4) is 0 Å². The molecule has 4 aromatic rings. The van der Waals surface area contributed by atoms with Gasteiger partial charge in [-0.3, -0.25) is 9.78 Å². The first kappa shape index (κ1) is 20.9.